The van der Waals surface area contributed by atoms with Gasteiger partial charge in [0.15, 0.2) is 0 Å². The summed E-state index contributed by atoms with van der Waals surface area (Å²) in [5.74, 6) is 0.562. The van der Waals surface area contributed by atoms with Gasteiger partial charge in [-0.25, -0.2) is 4.98 Å². The highest BCUT2D eigenvalue weighted by Crippen LogP contribution is 2.31. The molecule has 1 aromatic heterocycles. The van der Waals surface area contributed by atoms with Crippen LogP contribution in [0.1, 0.15) is 44.1 Å². The normalized spacial score (nSPS) is 17.5. The fourth-order valence-corrected chi connectivity index (χ4v) is 4.04. The van der Waals surface area contributed by atoms with Gasteiger partial charge in [0, 0.05) is 38.0 Å². The zero-order chi connectivity index (χ0) is 20.4. The van der Waals surface area contributed by atoms with Crippen LogP contribution in [-0.2, 0) is 16.1 Å². The number of para-hydroxylation sites is 1. The molecule has 2 fully saturated rings. The predicted octanol–water partition coefficient (Wildman–Crippen LogP) is 2.00. The molecule has 7 heteroatoms. The molecule has 2 amide bonds. The van der Waals surface area contributed by atoms with Crippen LogP contribution in [0, 0.1) is 12.8 Å². The first-order chi connectivity index (χ1) is 14.0. The quantitative estimate of drug-likeness (QED) is 0.809. The van der Waals surface area contributed by atoms with Crippen molar-refractivity contribution in [2.24, 2.45) is 5.92 Å². The van der Waals surface area contributed by atoms with Gasteiger partial charge >= 0.3 is 0 Å². The molecular weight excluding hydrogens is 368 g/mol. The Kier molecular flexibility index (Phi) is 5.65. The predicted molar refractivity (Wildman–Crippen MR) is 110 cm³/mol. The molecule has 1 saturated carbocycles. The van der Waals surface area contributed by atoms with Gasteiger partial charge in [-0.05, 0) is 50.7 Å². The number of nitrogens with zero attached hydrogens (tertiary/aromatic N) is 3. The number of aryl methyl sites for hydroxylation is 2. The fourth-order valence-electron chi connectivity index (χ4n) is 4.04. The number of carbonyl (C=O) groups excluding carboxylic acids is 2. The van der Waals surface area contributed by atoms with Crippen molar-refractivity contribution in [1.82, 2.24) is 19.8 Å². The van der Waals surface area contributed by atoms with E-state index in [9.17, 15) is 14.4 Å². The topological polar surface area (TPSA) is 84.3 Å². The minimum atomic E-state index is -0.0631. The first-order valence-electron chi connectivity index (χ1n) is 10.6. The van der Waals surface area contributed by atoms with Gasteiger partial charge in [-0.15, -0.1) is 0 Å². The summed E-state index contributed by atoms with van der Waals surface area (Å²) in [6.07, 6.45) is 6.23. The van der Waals surface area contributed by atoms with Gasteiger partial charge in [-0.1, -0.05) is 12.1 Å². The van der Waals surface area contributed by atoms with Gasteiger partial charge in [-0.2, -0.15) is 0 Å². The van der Waals surface area contributed by atoms with Crippen molar-refractivity contribution in [1.29, 1.82) is 0 Å². The average molecular weight is 396 g/mol. The molecule has 1 aliphatic carbocycles. The summed E-state index contributed by atoms with van der Waals surface area (Å²) in [5, 5.41) is 3.70. The lowest BCUT2D eigenvalue weighted by molar-refractivity contribution is -0.133. The number of aromatic nitrogens is 2. The summed E-state index contributed by atoms with van der Waals surface area (Å²) in [7, 11) is 0. The van der Waals surface area contributed by atoms with Crippen LogP contribution in [0.4, 0.5) is 0 Å². The Morgan fingerprint density at radius 2 is 1.93 bits per heavy atom. The van der Waals surface area contributed by atoms with E-state index in [0.29, 0.717) is 30.7 Å². The van der Waals surface area contributed by atoms with Crippen LogP contribution in [-0.4, -0.2) is 45.4 Å². The first kappa shape index (κ1) is 19.6. The van der Waals surface area contributed by atoms with E-state index in [1.807, 2.05) is 24.0 Å². The number of benzene rings is 1. The Hall–Kier alpha value is -2.70. The fraction of sp³-hybridized carbons (Fsp3) is 0.545. The number of fused-ring (bicyclic) bond motifs is 1. The number of nitrogens with one attached hydrogen (secondary N) is 1. The molecule has 0 atom stereocenters. The second-order valence-corrected chi connectivity index (χ2v) is 8.26. The lowest BCUT2D eigenvalue weighted by atomic mass is 10.0. The summed E-state index contributed by atoms with van der Waals surface area (Å²) >= 11 is 0. The minimum Gasteiger partial charge on any atom is -0.353 e. The lowest BCUT2D eigenvalue weighted by Crippen LogP contribution is -2.47. The molecule has 7 nitrogen and oxygen atoms in total. The molecule has 0 spiro atoms. The van der Waals surface area contributed by atoms with Crippen LogP contribution in [0.15, 0.2) is 29.3 Å². The highest BCUT2D eigenvalue weighted by molar-refractivity contribution is 5.81. The molecule has 2 aliphatic rings. The third kappa shape index (κ3) is 4.49. The SMILES string of the molecule is Cc1cccc2c(=O)n(CCCC(=O)NC3CCN(C(=O)C4CC4)CC3)cnc12. The number of rotatable bonds is 6. The second kappa shape index (κ2) is 8.35. The van der Waals surface area contributed by atoms with E-state index in [-0.39, 0.29) is 23.4 Å². The Morgan fingerprint density at radius 3 is 2.66 bits per heavy atom. The first-order valence-corrected chi connectivity index (χ1v) is 10.6. The minimum absolute atomic E-state index is 0.00890. The van der Waals surface area contributed by atoms with Gasteiger partial charge in [0.05, 0.1) is 17.2 Å². The molecule has 0 unspecified atom stereocenters. The number of carbonyl (C=O) groups is 2. The molecule has 4 rings (SSSR count). The van der Waals surface area contributed by atoms with Gasteiger partial charge in [0.1, 0.15) is 0 Å². The molecule has 29 heavy (non-hydrogen) atoms. The molecule has 0 radical (unpaired) electrons. The Labute approximate surface area is 170 Å². The molecular formula is C22H28N4O3. The zero-order valence-corrected chi connectivity index (χ0v) is 16.9. The van der Waals surface area contributed by atoms with Gasteiger partial charge in [0.2, 0.25) is 11.8 Å². The average Bonchev–Trinajstić information content (AvgIpc) is 3.56. The molecule has 1 aliphatic heterocycles. The molecule has 0 bridgehead atoms. The van der Waals surface area contributed by atoms with Gasteiger partial charge < -0.3 is 10.2 Å². The van der Waals surface area contributed by atoms with Crippen LogP contribution >= 0.6 is 0 Å². The number of hydrogen-bond donors (Lipinski definition) is 1. The van der Waals surface area contributed by atoms with E-state index in [2.05, 4.69) is 10.3 Å². The third-order valence-electron chi connectivity index (χ3n) is 5.96. The van der Waals surface area contributed by atoms with Crippen LogP contribution in [0.5, 0.6) is 0 Å². The largest absolute Gasteiger partial charge is 0.353 e. The molecule has 154 valence electrons. The van der Waals surface area contributed by atoms with Crippen LogP contribution < -0.4 is 10.9 Å². The second-order valence-electron chi connectivity index (χ2n) is 8.26. The van der Waals surface area contributed by atoms with Crippen molar-refractivity contribution in [3.05, 3.63) is 40.4 Å². The summed E-state index contributed by atoms with van der Waals surface area (Å²) < 4.78 is 1.58. The summed E-state index contributed by atoms with van der Waals surface area (Å²) in [5.41, 5.74) is 1.65. The molecule has 1 N–H and O–H groups in total. The zero-order valence-electron chi connectivity index (χ0n) is 16.9. The van der Waals surface area contributed by atoms with Crippen molar-refractivity contribution in [2.45, 2.75) is 58.0 Å². The number of hydrogen-bond acceptors (Lipinski definition) is 4. The Bertz CT molecular complexity index is 972. The molecule has 1 saturated heterocycles. The summed E-state index contributed by atoms with van der Waals surface area (Å²) in [6, 6.07) is 5.73. The maximum atomic E-state index is 12.6. The van der Waals surface area contributed by atoms with E-state index in [1.165, 1.54) is 0 Å². The smallest absolute Gasteiger partial charge is 0.261 e. The number of amides is 2. The van der Waals surface area contributed by atoms with Crippen molar-refractivity contribution >= 4 is 22.7 Å². The molecule has 2 heterocycles. The maximum Gasteiger partial charge on any atom is 0.261 e. The lowest BCUT2D eigenvalue weighted by Gasteiger charge is -2.32. The van der Waals surface area contributed by atoms with Crippen LogP contribution in [0.2, 0.25) is 0 Å². The maximum absolute atomic E-state index is 12.6. The van der Waals surface area contributed by atoms with Crippen LogP contribution in [0.3, 0.4) is 0 Å². The van der Waals surface area contributed by atoms with E-state index >= 15 is 0 Å². The van der Waals surface area contributed by atoms with Crippen molar-refractivity contribution in [3.63, 3.8) is 0 Å². The standard InChI is InChI=1S/C22H28N4O3/c1-15-4-2-5-18-20(15)23-14-26(22(18)29)11-3-6-19(27)24-17-9-12-25(13-10-17)21(28)16-7-8-16/h2,4-5,14,16-17H,3,6-13H2,1H3,(H,24,27). The monoisotopic (exact) mass is 396 g/mol. The van der Waals surface area contributed by atoms with E-state index in [1.54, 1.807) is 17.0 Å². The summed E-state index contributed by atoms with van der Waals surface area (Å²) in [4.78, 5) is 43.3. The van der Waals surface area contributed by atoms with Crippen LogP contribution in [0.25, 0.3) is 10.9 Å². The van der Waals surface area contributed by atoms with E-state index < -0.39 is 0 Å². The van der Waals surface area contributed by atoms with Gasteiger partial charge in [0.25, 0.3) is 5.56 Å². The van der Waals surface area contributed by atoms with E-state index in [4.69, 9.17) is 0 Å². The van der Waals surface area contributed by atoms with Crippen molar-refractivity contribution in [3.8, 4) is 0 Å². The van der Waals surface area contributed by atoms with E-state index in [0.717, 1.165) is 49.9 Å². The molecule has 1 aromatic carbocycles. The third-order valence-corrected chi connectivity index (χ3v) is 5.96. The Morgan fingerprint density at radius 1 is 1.17 bits per heavy atom. The molecule has 2 aromatic rings. The Balaban J connectivity index is 1.23. The van der Waals surface area contributed by atoms with Gasteiger partial charge in [-0.3, -0.25) is 19.0 Å². The highest BCUT2D eigenvalue weighted by atomic mass is 16.2. The highest BCUT2D eigenvalue weighted by Gasteiger charge is 2.35. The summed E-state index contributed by atoms with van der Waals surface area (Å²) in [6.45, 7) is 3.88. The van der Waals surface area contributed by atoms with Crippen molar-refractivity contribution in [2.75, 3.05) is 13.1 Å². The number of likely N-dealkylation sites (tertiary alicyclic amines) is 1. The van der Waals surface area contributed by atoms with Crippen molar-refractivity contribution < 1.29 is 9.59 Å². The number of piperidine rings is 1.